The van der Waals surface area contributed by atoms with Gasteiger partial charge in [0.05, 0.1) is 26.5 Å². The number of hydrogen-bond acceptors (Lipinski definition) is 6. The molecule has 0 atom stereocenters. The van der Waals surface area contributed by atoms with E-state index < -0.39 is 23.6 Å². The molecule has 0 aliphatic rings. The van der Waals surface area contributed by atoms with Gasteiger partial charge in [-0.25, -0.2) is 13.9 Å². The minimum Gasteiger partial charge on any atom is -0.434 e. The maximum Gasteiger partial charge on any atom is 0.349 e. The van der Waals surface area contributed by atoms with E-state index in [1.165, 1.54) is 19.2 Å². The number of ether oxygens (including phenoxy) is 1. The molecule has 9 nitrogen and oxygen atoms in total. The first-order valence-electron chi connectivity index (χ1n) is 8.72. The lowest BCUT2D eigenvalue weighted by Crippen LogP contribution is -2.33. The number of aryl methyl sites for hydroxylation is 1. The van der Waals surface area contributed by atoms with E-state index in [1.54, 1.807) is 24.3 Å². The minimum atomic E-state index is -1.16. The Hall–Kier alpha value is -3.50. The second-order valence-corrected chi connectivity index (χ2v) is 7.19. The molecule has 31 heavy (non-hydrogen) atoms. The molecule has 4 rings (SSSR count). The maximum absolute atomic E-state index is 13.0. The summed E-state index contributed by atoms with van der Waals surface area (Å²) < 4.78 is 20.7. The van der Waals surface area contributed by atoms with Gasteiger partial charge in [0, 0.05) is 7.05 Å². The summed E-state index contributed by atoms with van der Waals surface area (Å²) in [5, 5.41) is 8.64. The Balaban J connectivity index is 1.83. The van der Waals surface area contributed by atoms with Crippen molar-refractivity contribution in [1.29, 1.82) is 0 Å². The van der Waals surface area contributed by atoms with Crippen molar-refractivity contribution in [3.05, 3.63) is 83.3 Å². The Bertz CT molecular complexity index is 1490. The number of nitrogens with zero attached hydrogens (tertiary/aromatic N) is 4. The van der Waals surface area contributed by atoms with Crippen LogP contribution in [0.15, 0.2) is 50.8 Å². The fraction of sp³-hybridized carbons (Fsp3) is 0.105. The number of H-pyrrole nitrogens is 1. The molecule has 0 amide bonds. The minimum absolute atomic E-state index is 0.0102. The van der Waals surface area contributed by atoms with Crippen LogP contribution in [-0.4, -0.2) is 24.5 Å². The van der Waals surface area contributed by atoms with Gasteiger partial charge in [-0.15, -0.1) is 5.10 Å². The zero-order valence-corrected chi connectivity index (χ0v) is 17.2. The third-order valence-electron chi connectivity index (χ3n) is 4.37. The van der Waals surface area contributed by atoms with Crippen LogP contribution in [-0.2, 0) is 13.7 Å². The molecule has 0 spiro atoms. The standard InChI is InChI=1S/C19H12Cl2FN5O4/c1-26-18(29)11-5-3-2-4-10(11)17(25-26)31-15-12(20)6-9(7-13(15)21)27-19(30)23-16(28)14(8-22)24-27/h2-7H,8H2,1H3,(H,23,28,30). The van der Waals surface area contributed by atoms with Gasteiger partial charge < -0.3 is 4.74 Å². The topological polar surface area (TPSA) is 112 Å². The second-order valence-electron chi connectivity index (χ2n) is 6.37. The van der Waals surface area contributed by atoms with Crippen molar-refractivity contribution in [2.24, 2.45) is 7.05 Å². The molecule has 0 radical (unpaired) electrons. The van der Waals surface area contributed by atoms with Gasteiger partial charge in [-0.2, -0.15) is 9.78 Å². The first kappa shape index (κ1) is 20.8. The quantitative estimate of drug-likeness (QED) is 0.497. The van der Waals surface area contributed by atoms with E-state index in [0.29, 0.717) is 10.8 Å². The smallest absolute Gasteiger partial charge is 0.349 e. The van der Waals surface area contributed by atoms with Crippen molar-refractivity contribution in [1.82, 2.24) is 24.5 Å². The summed E-state index contributed by atoms with van der Waals surface area (Å²) in [5.41, 5.74) is -2.52. The van der Waals surface area contributed by atoms with Crippen LogP contribution in [0.1, 0.15) is 5.69 Å². The lowest BCUT2D eigenvalue weighted by Gasteiger charge is -2.13. The highest BCUT2D eigenvalue weighted by Crippen LogP contribution is 2.38. The summed E-state index contributed by atoms with van der Waals surface area (Å²) in [4.78, 5) is 37.9. The highest BCUT2D eigenvalue weighted by molar-refractivity contribution is 6.37. The van der Waals surface area contributed by atoms with Gasteiger partial charge in [-0.05, 0) is 24.3 Å². The van der Waals surface area contributed by atoms with Crippen molar-refractivity contribution in [3.63, 3.8) is 0 Å². The maximum atomic E-state index is 13.0. The largest absolute Gasteiger partial charge is 0.434 e. The van der Waals surface area contributed by atoms with Gasteiger partial charge in [-0.1, -0.05) is 35.3 Å². The molecule has 158 valence electrons. The number of halogens is 3. The Labute approximate surface area is 182 Å². The first-order valence-corrected chi connectivity index (χ1v) is 9.47. The van der Waals surface area contributed by atoms with Crippen molar-refractivity contribution in [3.8, 4) is 17.3 Å². The monoisotopic (exact) mass is 463 g/mol. The Morgan fingerprint density at radius 2 is 1.71 bits per heavy atom. The second kappa shape index (κ2) is 7.97. The number of benzene rings is 2. The number of hydrogen-bond donors (Lipinski definition) is 1. The van der Waals surface area contributed by atoms with Gasteiger partial charge in [0.2, 0.25) is 5.88 Å². The van der Waals surface area contributed by atoms with Crippen molar-refractivity contribution >= 4 is 34.0 Å². The van der Waals surface area contributed by atoms with Gasteiger partial charge in [0.25, 0.3) is 11.1 Å². The lowest BCUT2D eigenvalue weighted by atomic mass is 10.2. The van der Waals surface area contributed by atoms with E-state index >= 15 is 0 Å². The SMILES string of the molecule is Cn1nc(Oc2c(Cl)cc(-n3nc(CF)c(=O)[nH]c3=O)cc2Cl)c2ccccc2c1=O. The number of nitrogens with one attached hydrogen (secondary N) is 1. The Morgan fingerprint density at radius 3 is 2.35 bits per heavy atom. The van der Waals surface area contributed by atoms with E-state index in [4.69, 9.17) is 27.9 Å². The molecular weight excluding hydrogens is 452 g/mol. The molecule has 2 aromatic heterocycles. The van der Waals surface area contributed by atoms with Crippen LogP contribution in [0.25, 0.3) is 16.5 Å². The third kappa shape index (κ3) is 3.71. The summed E-state index contributed by atoms with van der Waals surface area (Å²) in [6.07, 6.45) is 0. The first-order chi connectivity index (χ1) is 14.8. The average molecular weight is 464 g/mol. The van der Waals surface area contributed by atoms with E-state index in [0.717, 1.165) is 9.36 Å². The molecule has 2 aromatic carbocycles. The number of fused-ring (bicyclic) bond motifs is 1. The van der Waals surface area contributed by atoms with E-state index in [2.05, 4.69) is 10.2 Å². The molecule has 0 aliphatic heterocycles. The van der Waals surface area contributed by atoms with Crippen LogP contribution >= 0.6 is 23.2 Å². The zero-order chi connectivity index (χ0) is 22.3. The summed E-state index contributed by atoms with van der Waals surface area (Å²) in [7, 11) is 1.48. The number of alkyl halides is 1. The van der Waals surface area contributed by atoms with Crippen LogP contribution in [0, 0.1) is 0 Å². The molecule has 0 aliphatic carbocycles. The molecule has 2 heterocycles. The number of aromatic nitrogens is 5. The molecule has 0 fully saturated rings. The number of aromatic amines is 1. The molecule has 12 heteroatoms. The van der Waals surface area contributed by atoms with E-state index in [-0.39, 0.29) is 32.9 Å². The van der Waals surface area contributed by atoms with Crippen molar-refractivity contribution in [2.45, 2.75) is 6.67 Å². The summed E-state index contributed by atoms with van der Waals surface area (Å²) in [5.74, 6) is 0.111. The van der Waals surface area contributed by atoms with E-state index in [1.807, 2.05) is 4.98 Å². The molecule has 0 unspecified atom stereocenters. The highest BCUT2D eigenvalue weighted by Gasteiger charge is 2.17. The molecule has 4 aromatic rings. The Kier molecular flexibility index (Phi) is 5.34. The van der Waals surface area contributed by atoms with Crippen molar-refractivity contribution in [2.75, 3.05) is 0 Å². The van der Waals surface area contributed by atoms with Crippen molar-refractivity contribution < 1.29 is 9.13 Å². The fourth-order valence-electron chi connectivity index (χ4n) is 2.90. The molecular formula is C19H12Cl2FN5O4. The Morgan fingerprint density at radius 1 is 1.06 bits per heavy atom. The van der Waals surface area contributed by atoms with Gasteiger partial charge in [0.1, 0.15) is 6.67 Å². The summed E-state index contributed by atoms with van der Waals surface area (Å²) >= 11 is 12.6. The van der Waals surface area contributed by atoms with Crippen LogP contribution < -0.4 is 21.5 Å². The van der Waals surface area contributed by atoms with Crippen LogP contribution in [0.5, 0.6) is 11.6 Å². The summed E-state index contributed by atoms with van der Waals surface area (Å²) in [6.45, 7) is -1.16. The third-order valence-corrected chi connectivity index (χ3v) is 4.93. The lowest BCUT2D eigenvalue weighted by molar-refractivity contribution is 0.448. The molecule has 0 saturated carbocycles. The molecule has 0 saturated heterocycles. The molecule has 0 bridgehead atoms. The predicted octanol–water partition coefficient (Wildman–Crippen LogP) is 2.74. The zero-order valence-electron chi connectivity index (χ0n) is 15.7. The molecule has 1 N–H and O–H groups in total. The normalized spacial score (nSPS) is 11.1. The highest BCUT2D eigenvalue weighted by atomic mass is 35.5. The van der Waals surface area contributed by atoms with E-state index in [9.17, 15) is 18.8 Å². The van der Waals surface area contributed by atoms with Gasteiger partial charge >= 0.3 is 5.69 Å². The van der Waals surface area contributed by atoms with Crippen LogP contribution in [0.2, 0.25) is 10.0 Å². The number of rotatable bonds is 4. The van der Waals surface area contributed by atoms with Crippen LogP contribution in [0.3, 0.4) is 0 Å². The summed E-state index contributed by atoms with van der Waals surface area (Å²) in [6, 6.07) is 9.35. The fourth-order valence-corrected chi connectivity index (χ4v) is 3.45. The average Bonchev–Trinajstić information content (AvgIpc) is 2.74. The van der Waals surface area contributed by atoms with Gasteiger partial charge in [-0.3, -0.25) is 14.6 Å². The van der Waals surface area contributed by atoms with Crippen LogP contribution in [0.4, 0.5) is 4.39 Å². The predicted molar refractivity (Wildman–Crippen MR) is 112 cm³/mol. The van der Waals surface area contributed by atoms with Gasteiger partial charge in [0.15, 0.2) is 11.4 Å².